The zero-order chi connectivity index (χ0) is 22.9. The number of carbonyl (C=O) groups excluding carboxylic acids is 1. The van der Waals surface area contributed by atoms with Crippen molar-refractivity contribution < 1.29 is 14.3 Å². The van der Waals surface area contributed by atoms with Gasteiger partial charge >= 0.3 is 0 Å². The maximum Gasteiger partial charge on any atom is 0.258 e. The van der Waals surface area contributed by atoms with E-state index in [2.05, 4.69) is 24.1 Å². The lowest BCUT2D eigenvalue weighted by atomic mass is 10.0. The molecule has 7 nitrogen and oxygen atoms in total. The lowest BCUT2D eigenvalue weighted by molar-refractivity contribution is -0.123. The molecule has 32 heavy (non-hydrogen) atoms. The zero-order valence-corrected chi connectivity index (χ0v) is 18.7. The summed E-state index contributed by atoms with van der Waals surface area (Å²) in [4.78, 5) is 28.8. The Hall–Kier alpha value is -3.61. The maximum absolute atomic E-state index is 12.4. The van der Waals surface area contributed by atoms with Crippen molar-refractivity contribution in [1.82, 2.24) is 14.9 Å². The van der Waals surface area contributed by atoms with Gasteiger partial charge in [-0.1, -0.05) is 26.0 Å². The first kappa shape index (κ1) is 23.1. The summed E-state index contributed by atoms with van der Waals surface area (Å²) in [6.45, 7) is 7.32. The molecule has 168 valence electrons. The average Bonchev–Trinajstić information content (AvgIpc) is 2.80. The van der Waals surface area contributed by atoms with E-state index in [1.165, 1.54) is 22.5 Å². The van der Waals surface area contributed by atoms with Crippen molar-refractivity contribution in [2.45, 2.75) is 33.2 Å². The topological polar surface area (TPSA) is 82.5 Å². The predicted molar refractivity (Wildman–Crippen MR) is 124 cm³/mol. The quantitative estimate of drug-likeness (QED) is 0.526. The Labute approximate surface area is 188 Å². The van der Waals surface area contributed by atoms with E-state index in [0.717, 1.165) is 11.3 Å². The molecule has 1 amide bonds. The molecular formula is C25H29N3O4. The summed E-state index contributed by atoms with van der Waals surface area (Å²) in [7, 11) is 0. The van der Waals surface area contributed by atoms with E-state index in [4.69, 9.17) is 9.47 Å². The number of carbonyl (C=O) groups is 1. The summed E-state index contributed by atoms with van der Waals surface area (Å²) in [5, 5.41) is 2.76. The van der Waals surface area contributed by atoms with Crippen LogP contribution < -0.4 is 20.3 Å². The molecule has 0 radical (unpaired) electrons. The monoisotopic (exact) mass is 435 g/mol. The van der Waals surface area contributed by atoms with Gasteiger partial charge in [0, 0.05) is 24.7 Å². The fraction of sp³-hybridized carbons (Fsp3) is 0.320. The highest BCUT2D eigenvalue weighted by atomic mass is 16.5. The number of benzene rings is 2. The fourth-order valence-electron chi connectivity index (χ4n) is 3.10. The van der Waals surface area contributed by atoms with Gasteiger partial charge in [0.1, 0.15) is 11.5 Å². The number of rotatable bonds is 10. The minimum Gasteiger partial charge on any atom is -0.494 e. The fourth-order valence-corrected chi connectivity index (χ4v) is 3.10. The normalized spacial score (nSPS) is 10.8. The number of amides is 1. The van der Waals surface area contributed by atoms with Gasteiger partial charge in [-0.15, -0.1) is 0 Å². The lowest BCUT2D eigenvalue weighted by Gasteiger charge is -2.10. The van der Waals surface area contributed by atoms with Crippen LogP contribution in [0.5, 0.6) is 11.5 Å². The molecule has 1 aromatic heterocycles. The number of nitrogens with one attached hydrogen (secondary N) is 1. The van der Waals surface area contributed by atoms with Crippen molar-refractivity contribution >= 4 is 5.91 Å². The van der Waals surface area contributed by atoms with Crippen LogP contribution in [-0.4, -0.2) is 35.2 Å². The summed E-state index contributed by atoms with van der Waals surface area (Å²) >= 11 is 0. The molecule has 0 spiro atoms. The Morgan fingerprint density at radius 3 is 2.31 bits per heavy atom. The van der Waals surface area contributed by atoms with Crippen molar-refractivity contribution in [2.75, 3.05) is 19.8 Å². The third-order valence-corrected chi connectivity index (χ3v) is 4.93. The lowest BCUT2D eigenvalue weighted by Crippen LogP contribution is -2.33. The largest absolute Gasteiger partial charge is 0.494 e. The molecule has 3 rings (SSSR count). The SMILES string of the molecule is CCOc1ccc(-c2cc(=O)n(CCNC(=O)COc3ccc(C(C)C)cc3)cn2)cc1. The van der Waals surface area contributed by atoms with Gasteiger partial charge < -0.3 is 14.8 Å². The zero-order valence-electron chi connectivity index (χ0n) is 18.7. The highest BCUT2D eigenvalue weighted by Gasteiger charge is 2.06. The van der Waals surface area contributed by atoms with Crippen LogP contribution in [0.25, 0.3) is 11.3 Å². The van der Waals surface area contributed by atoms with E-state index < -0.39 is 0 Å². The standard InChI is InChI=1S/C25H29N3O4/c1-4-31-21-11-7-20(8-12-21)23-15-25(30)28(17-27-23)14-13-26-24(29)16-32-22-9-5-19(6-10-22)18(2)3/h5-12,15,17-18H,4,13-14,16H2,1-3H3,(H,26,29). The van der Waals surface area contributed by atoms with Crippen LogP contribution in [0, 0.1) is 0 Å². The molecule has 0 saturated heterocycles. The van der Waals surface area contributed by atoms with Gasteiger partial charge in [0.25, 0.3) is 11.5 Å². The van der Waals surface area contributed by atoms with Gasteiger partial charge in [-0.05, 0) is 54.8 Å². The smallest absolute Gasteiger partial charge is 0.258 e. The molecule has 0 aliphatic heterocycles. The number of hydrogen-bond acceptors (Lipinski definition) is 5. The summed E-state index contributed by atoms with van der Waals surface area (Å²) in [5.41, 5.74) is 2.47. The molecule has 3 aromatic rings. The van der Waals surface area contributed by atoms with Crippen molar-refractivity contribution in [3.8, 4) is 22.8 Å². The Morgan fingerprint density at radius 1 is 1.03 bits per heavy atom. The van der Waals surface area contributed by atoms with Gasteiger partial charge in [0.15, 0.2) is 6.61 Å². The highest BCUT2D eigenvalue weighted by molar-refractivity contribution is 5.77. The molecule has 0 unspecified atom stereocenters. The molecule has 0 saturated carbocycles. The molecule has 7 heteroatoms. The van der Waals surface area contributed by atoms with Crippen LogP contribution >= 0.6 is 0 Å². The summed E-state index contributed by atoms with van der Waals surface area (Å²) < 4.78 is 12.4. The second-order valence-electron chi connectivity index (χ2n) is 7.63. The number of aromatic nitrogens is 2. The van der Waals surface area contributed by atoms with Gasteiger partial charge in [0.05, 0.1) is 18.6 Å². The Kier molecular flexibility index (Phi) is 8.02. The molecule has 0 aliphatic rings. The van der Waals surface area contributed by atoms with Crippen molar-refractivity contribution in [1.29, 1.82) is 0 Å². The first-order valence-corrected chi connectivity index (χ1v) is 10.8. The van der Waals surface area contributed by atoms with E-state index in [9.17, 15) is 9.59 Å². The number of nitrogens with zero attached hydrogens (tertiary/aromatic N) is 2. The highest BCUT2D eigenvalue weighted by Crippen LogP contribution is 2.20. The van der Waals surface area contributed by atoms with Crippen LogP contribution in [0.4, 0.5) is 0 Å². The molecule has 0 fully saturated rings. The van der Waals surface area contributed by atoms with E-state index >= 15 is 0 Å². The summed E-state index contributed by atoms with van der Waals surface area (Å²) in [6.07, 6.45) is 1.49. The molecule has 0 aliphatic carbocycles. The van der Waals surface area contributed by atoms with Crippen molar-refractivity contribution in [3.63, 3.8) is 0 Å². The molecule has 1 heterocycles. The average molecular weight is 436 g/mol. The van der Waals surface area contributed by atoms with Gasteiger partial charge in [0.2, 0.25) is 0 Å². The van der Waals surface area contributed by atoms with E-state index in [1.54, 1.807) is 0 Å². The second kappa shape index (κ2) is 11.1. The van der Waals surface area contributed by atoms with Crippen molar-refractivity contribution in [2.24, 2.45) is 0 Å². The van der Waals surface area contributed by atoms with E-state index in [-0.39, 0.29) is 18.1 Å². The Morgan fingerprint density at radius 2 is 1.69 bits per heavy atom. The van der Waals surface area contributed by atoms with Crippen LogP contribution in [0.15, 0.2) is 65.7 Å². The van der Waals surface area contributed by atoms with Gasteiger partial charge in [-0.2, -0.15) is 0 Å². The Balaban J connectivity index is 1.47. The van der Waals surface area contributed by atoms with Crippen LogP contribution in [0.1, 0.15) is 32.3 Å². The second-order valence-corrected chi connectivity index (χ2v) is 7.63. The van der Waals surface area contributed by atoms with Crippen LogP contribution in [0.2, 0.25) is 0 Å². The first-order valence-electron chi connectivity index (χ1n) is 10.8. The summed E-state index contributed by atoms with van der Waals surface area (Å²) in [6, 6.07) is 16.6. The maximum atomic E-state index is 12.4. The molecule has 1 N–H and O–H groups in total. The number of hydrogen-bond donors (Lipinski definition) is 1. The molecule has 0 atom stereocenters. The molecule has 2 aromatic carbocycles. The Bertz CT molecular complexity index is 1070. The molecular weight excluding hydrogens is 406 g/mol. The van der Waals surface area contributed by atoms with Crippen LogP contribution in [-0.2, 0) is 11.3 Å². The van der Waals surface area contributed by atoms with Crippen LogP contribution in [0.3, 0.4) is 0 Å². The third-order valence-electron chi connectivity index (χ3n) is 4.93. The predicted octanol–water partition coefficient (Wildman–Crippen LogP) is 3.63. The van der Waals surface area contributed by atoms with E-state index in [0.29, 0.717) is 37.1 Å². The minimum atomic E-state index is -0.245. The van der Waals surface area contributed by atoms with Gasteiger partial charge in [-0.3, -0.25) is 14.2 Å². The minimum absolute atomic E-state index is 0.0785. The summed E-state index contributed by atoms with van der Waals surface area (Å²) in [5.74, 6) is 1.62. The molecule has 0 bridgehead atoms. The van der Waals surface area contributed by atoms with E-state index in [1.807, 2.05) is 55.5 Å². The van der Waals surface area contributed by atoms with Crippen molar-refractivity contribution in [3.05, 3.63) is 76.8 Å². The first-order chi connectivity index (χ1) is 15.5. The van der Waals surface area contributed by atoms with Gasteiger partial charge in [-0.25, -0.2) is 4.98 Å². The third kappa shape index (κ3) is 6.44. The number of ether oxygens (including phenoxy) is 2.